The molecule has 0 saturated carbocycles. The first kappa shape index (κ1) is 37.1. The smallest absolute Gasteiger partial charge is 0.229 e. The standard InChI is InChI=1S/C15H18Cl2N8O2S.C15H16Cl2N8O/c1-23-14-10(12(16)22-23)7-18-15(21-14)20-11-8-19-25(13(11)17)9-3-5-24(6-4-9)28(2,26)27;1-23-14-10(12(16)22-23)2-18-15(21-14)20-11-3-19-25(13(11)17)8-4-24(5-8)9-6-26-7-9/h7-9H,3-6H2,1-2H3,(H,18,20,21);2-3,8-9H,4-7H2,1H3,(H,18,20,21). The molecular weight excluding hydrogens is 806 g/mol. The highest BCUT2D eigenvalue weighted by Gasteiger charge is 2.38. The summed E-state index contributed by atoms with van der Waals surface area (Å²) in [7, 11) is 0.361. The molecule has 0 bridgehead atoms. The van der Waals surface area contributed by atoms with E-state index in [4.69, 9.17) is 51.1 Å². The summed E-state index contributed by atoms with van der Waals surface area (Å²) in [6.07, 6.45) is 9.05. The van der Waals surface area contributed by atoms with E-state index in [2.05, 4.69) is 55.9 Å². The van der Waals surface area contributed by atoms with E-state index >= 15 is 0 Å². The maximum atomic E-state index is 11.7. The van der Waals surface area contributed by atoms with E-state index in [9.17, 15) is 8.42 Å². The van der Waals surface area contributed by atoms with Gasteiger partial charge in [-0.05, 0) is 12.8 Å². The van der Waals surface area contributed by atoms with E-state index < -0.39 is 10.0 Å². The highest BCUT2D eigenvalue weighted by atomic mass is 35.5. The minimum absolute atomic E-state index is 0.0281. The fourth-order valence-electron chi connectivity index (χ4n) is 6.52. The van der Waals surface area contributed by atoms with Crippen molar-refractivity contribution in [3.8, 4) is 0 Å². The molecule has 0 radical (unpaired) electrons. The number of hydrogen-bond donors (Lipinski definition) is 2. The molecule has 9 heterocycles. The second-order valence-corrected chi connectivity index (χ2v) is 16.6. The first-order chi connectivity index (χ1) is 25.8. The highest BCUT2D eigenvalue weighted by molar-refractivity contribution is 7.88. The van der Waals surface area contributed by atoms with Gasteiger partial charge < -0.3 is 15.4 Å². The van der Waals surface area contributed by atoms with Crippen LogP contribution in [0.3, 0.4) is 0 Å². The van der Waals surface area contributed by atoms with Crippen LogP contribution in [0.4, 0.5) is 23.3 Å². The Morgan fingerprint density at radius 1 is 0.722 bits per heavy atom. The number of fused-ring (bicyclic) bond motifs is 2. The molecule has 6 aromatic heterocycles. The number of aryl methyl sites for hydroxylation is 2. The van der Waals surface area contributed by atoms with Crippen molar-refractivity contribution in [3.63, 3.8) is 0 Å². The molecule has 0 atom stereocenters. The quantitative estimate of drug-likeness (QED) is 0.223. The number of nitrogens with one attached hydrogen (secondary N) is 2. The number of anilines is 4. The topological polar surface area (TPSA) is 197 Å². The Bertz CT molecular complexity index is 2450. The van der Waals surface area contributed by atoms with Crippen LogP contribution in [0.1, 0.15) is 24.9 Å². The van der Waals surface area contributed by atoms with Gasteiger partial charge in [0.15, 0.2) is 31.9 Å². The van der Waals surface area contributed by atoms with Crippen molar-refractivity contribution in [2.75, 3.05) is 56.3 Å². The van der Waals surface area contributed by atoms with Gasteiger partial charge >= 0.3 is 0 Å². The van der Waals surface area contributed by atoms with Gasteiger partial charge in [-0.3, -0.25) is 4.90 Å². The SMILES string of the molecule is Cn1nc(Cl)c2cnc(Nc3cnn(C4CCN(S(C)(=O)=O)CC4)c3Cl)nc21.Cn1nc(Cl)c2cnc(Nc3cnn(C4CN(C5COC5)C4)c3Cl)nc21. The average molecular weight is 841 g/mol. The molecular formula is C30H34Cl4N16O3S. The van der Waals surface area contributed by atoms with Gasteiger partial charge in [-0.15, -0.1) is 0 Å². The summed E-state index contributed by atoms with van der Waals surface area (Å²) >= 11 is 25.1. The largest absolute Gasteiger partial charge is 0.378 e. The first-order valence-corrected chi connectivity index (χ1v) is 20.2. The number of likely N-dealkylation sites (tertiary alicyclic amines) is 1. The summed E-state index contributed by atoms with van der Waals surface area (Å²) in [6, 6.07) is 0.849. The molecule has 0 amide bonds. The van der Waals surface area contributed by atoms with Crippen molar-refractivity contribution in [2.45, 2.75) is 31.0 Å². The van der Waals surface area contributed by atoms with Crippen LogP contribution in [-0.4, -0.2) is 128 Å². The number of halogens is 4. The molecule has 24 heteroatoms. The van der Waals surface area contributed by atoms with Crippen molar-refractivity contribution in [3.05, 3.63) is 45.4 Å². The summed E-state index contributed by atoms with van der Waals surface area (Å²) in [5, 5.41) is 26.3. The van der Waals surface area contributed by atoms with Crippen LogP contribution in [0.15, 0.2) is 24.8 Å². The Kier molecular flexibility index (Phi) is 10.0. The van der Waals surface area contributed by atoms with E-state index in [1.807, 2.05) is 4.68 Å². The molecule has 3 fully saturated rings. The van der Waals surface area contributed by atoms with E-state index in [1.54, 1.807) is 52.9 Å². The Hall–Kier alpha value is -3.89. The van der Waals surface area contributed by atoms with Crippen LogP contribution in [0.25, 0.3) is 22.1 Å². The lowest BCUT2D eigenvalue weighted by Gasteiger charge is -2.47. The zero-order valence-corrected chi connectivity index (χ0v) is 32.9. The fraction of sp³-hybridized carbons (Fsp3) is 0.467. The van der Waals surface area contributed by atoms with Crippen LogP contribution >= 0.6 is 46.4 Å². The highest BCUT2D eigenvalue weighted by Crippen LogP contribution is 2.34. The van der Waals surface area contributed by atoms with E-state index in [0.717, 1.165) is 26.3 Å². The Balaban J connectivity index is 0.000000153. The maximum Gasteiger partial charge on any atom is 0.229 e. The lowest BCUT2D eigenvalue weighted by molar-refractivity contribution is -0.0996. The molecule has 0 aliphatic carbocycles. The lowest BCUT2D eigenvalue weighted by Crippen LogP contribution is -2.59. The molecule has 286 valence electrons. The second kappa shape index (κ2) is 14.6. The molecule has 3 aliphatic rings. The molecule has 3 aliphatic heterocycles. The molecule has 6 aromatic rings. The summed E-state index contributed by atoms with van der Waals surface area (Å²) in [4.78, 5) is 19.8. The average Bonchev–Trinajstić information content (AvgIpc) is 3.81. The summed E-state index contributed by atoms with van der Waals surface area (Å²) < 4.78 is 36.8. The van der Waals surface area contributed by atoms with Gasteiger partial charge in [0.05, 0.1) is 72.1 Å². The summed E-state index contributed by atoms with van der Waals surface area (Å²) in [6.45, 7) is 4.41. The zero-order valence-electron chi connectivity index (χ0n) is 29.1. The molecule has 0 unspecified atom stereocenters. The molecule has 0 aromatic carbocycles. The zero-order chi connectivity index (χ0) is 37.9. The van der Waals surface area contributed by atoms with Crippen LogP contribution in [0, 0.1) is 0 Å². The maximum absolute atomic E-state index is 11.7. The van der Waals surface area contributed by atoms with Crippen LogP contribution in [0.2, 0.25) is 20.6 Å². The van der Waals surface area contributed by atoms with Crippen LogP contribution < -0.4 is 10.6 Å². The molecule has 2 N–H and O–H groups in total. The number of hydrogen-bond acceptors (Lipinski definition) is 14. The molecule has 19 nitrogen and oxygen atoms in total. The Morgan fingerprint density at radius 3 is 1.65 bits per heavy atom. The van der Waals surface area contributed by atoms with E-state index in [1.165, 1.54) is 10.6 Å². The first-order valence-electron chi connectivity index (χ1n) is 16.8. The molecule has 3 saturated heterocycles. The van der Waals surface area contributed by atoms with Crippen molar-refractivity contribution < 1.29 is 13.2 Å². The van der Waals surface area contributed by atoms with Gasteiger partial charge in [-0.25, -0.2) is 41.4 Å². The predicted octanol–water partition coefficient (Wildman–Crippen LogP) is 4.07. The third-order valence-corrected chi connectivity index (χ3v) is 12.3. The van der Waals surface area contributed by atoms with Crippen molar-refractivity contribution in [2.24, 2.45) is 14.1 Å². The number of nitrogens with zero attached hydrogens (tertiary/aromatic N) is 14. The summed E-state index contributed by atoms with van der Waals surface area (Å²) in [5.41, 5.74) is 2.48. The third kappa shape index (κ3) is 7.16. The van der Waals surface area contributed by atoms with Crippen molar-refractivity contribution in [1.82, 2.24) is 68.3 Å². The summed E-state index contributed by atoms with van der Waals surface area (Å²) in [5.74, 6) is 0.765. The molecule has 9 rings (SSSR count). The number of rotatable bonds is 8. The second-order valence-electron chi connectivity index (χ2n) is 13.2. The Morgan fingerprint density at radius 2 is 1.20 bits per heavy atom. The predicted molar refractivity (Wildman–Crippen MR) is 204 cm³/mol. The molecule has 54 heavy (non-hydrogen) atoms. The van der Waals surface area contributed by atoms with E-state index in [0.29, 0.717) is 97.9 Å². The normalized spacial score (nSPS) is 17.8. The van der Waals surface area contributed by atoms with Crippen LogP contribution in [-0.2, 0) is 28.9 Å². The number of piperidine rings is 1. The van der Waals surface area contributed by atoms with Crippen LogP contribution in [0.5, 0.6) is 0 Å². The van der Waals surface area contributed by atoms with Gasteiger partial charge in [-0.1, -0.05) is 46.4 Å². The van der Waals surface area contributed by atoms with Crippen molar-refractivity contribution in [1.29, 1.82) is 0 Å². The van der Waals surface area contributed by atoms with Gasteiger partial charge in [0.1, 0.15) is 0 Å². The lowest BCUT2D eigenvalue weighted by atomic mass is 10.0. The van der Waals surface area contributed by atoms with Gasteiger partial charge in [0.2, 0.25) is 21.9 Å². The van der Waals surface area contributed by atoms with Gasteiger partial charge in [0, 0.05) is 52.7 Å². The van der Waals surface area contributed by atoms with E-state index in [-0.39, 0.29) is 12.1 Å². The Labute approximate surface area is 328 Å². The number of aromatic nitrogens is 12. The minimum Gasteiger partial charge on any atom is -0.378 e. The van der Waals surface area contributed by atoms with Crippen molar-refractivity contribution >= 4 is 102 Å². The molecule has 0 spiro atoms. The third-order valence-electron chi connectivity index (χ3n) is 9.64. The fourth-order valence-corrected chi connectivity index (χ4v) is 8.44. The van der Waals surface area contributed by atoms with Gasteiger partial charge in [-0.2, -0.15) is 30.4 Å². The van der Waals surface area contributed by atoms with Gasteiger partial charge in [0.25, 0.3) is 0 Å². The number of ether oxygens (including phenoxy) is 1. The number of sulfonamides is 1. The minimum atomic E-state index is -3.17. The monoisotopic (exact) mass is 838 g/mol.